The third-order valence-electron chi connectivity index (χ3n) is 3.74. The van der Waals surface area contributed by atoms with Crippen LogP contribution in [-0.4, -0.2) is 47.9 Å². The van der Waals surface area contributed by atoms with Crippen LogP contribution in [0.2, 0.25) is 0 Å². The SMILES string of the molecule is Cc1ccc(S(=O)(=O)n2ccc(C(=O)N(C)CCCC(=O)O)c2)cc1. The van der Waals surface area contributed by atoms with Crippen LogP contribution in [-0.2, 0) is 14.8 Å². The van der Waals surface area contributed by atoms with Gasteiger partial charge in [0.25, 0.3) is 15.9 Å². The van der Waals surface area contributed by atoms with Gasteiger partial charge in [0.05, 0.1) is 10.5 Å². The summed E-state index contributed by atoms with van der Waals surface area (Å²) in [5.41, 5.74) is 1.18. The molecule has 0 saturated carbocycles. The van der Waals surface area contributed by atoms with Gasteiger partial charge in [0.15, 0.2) is 0 Å². The van der Waals surface area contributed by atoms with E-state index in [1.54, 1.807) is 19.2 Å². The molecule has 1 amide bonds. The van der Waals surface area contributed by atoms with Crippen molar-refractivity contribution in [2.75, 3.05) is 13.6 Å². The van der Waals surface area contributed by atoms with Crippen molar-refractivity contribution in [1.82, 2.24) is 8.87 Å². The van der Waals surface area contributed by atoms with Gasteiger partial charge in [-0.15, -0.1) is 0 Å². The van der Waals surface area contributed by atoms with Gasteiger partial charge in [-0.05, 0) is 31.5 Å². The van der Waals surface area contributed by atoms with E-state index in [0.717, 1.165) is 9.54 Å². The summed E-state index contributed by atoms with van der Waals surface area (Å²) in [6.45, 7) is 2.14. The highest BCUT2D eigenvalue weighted by Crippen LogP contribution is 2.16. The van der Waals surface area contributed by atoms with E-state index in [-0.39, 0.29) is 29.3 Å². The molecule has 1 N–H and O–H groups in total. The average Bonchev–Trinajstić information content (AvgIpc) is 3.04. The summed E-state index contributed by atoms with van der Waals surface area (Å²) in [6.07, 6.45) is 2.90. The number of benzene rings is 1. The second-order valence-corrected chi connectivity index (χ2v) is 7.62. The molecule has 1 aromatic heterocycles. The summed E-state index contributed by atoms with van der Waals surface area (Å²) in [6, 6.07) is 7.88. The Labute approximate surface area is 146 Å². The minimum absolute atomic E-state index is 0.0273. The topological polar surface area (TPSA) is 96.7 Å². The smallest absolute Gasteiger partial charge is 0.303 e. The standard InChI is InChI=1S/C17H20N2O5S/c1-13-5-7-15(8-6-13)25(23,24)19-11-9-14(12-19)17(22)18(2)10-3-4-16(20)21/h5-9,11-12H,3-4,10H2,1-2H3,(H,20,21). The third-order valence-corrected chi connectivity index (χ3v) is 5.39. The molecule has 0 unspecified atom stereocenters. The van der Waals surface area contributed by atoms with E-state index in [0.29, 0.717) is 6.42 Å². The molecular weight excluding hydrogens is 344 g/mol. The number of carbonyl (C=O) groups excluding carboxylic acids is 1. The van der Waals surface area contributed by atoms with Gasteiger partial charge in [0.1, 0.15) is 0 Å². The first kappa shape index (κ1) is 18.7. The molecule has 0 spiro atoms. The number of amides is 1. The number of nitrogens with zero attached hydrogens (tertiary/aromatic N) is 2. The molecule has 134 valence electrons. The number of hydrogen-bond donors (Lipinski definition) is 1. The molecule has 25 heavy (non-hydrogen) atoms. The summed E-state index contributed by atoms with van der Waals surface area (Å²) in [5.74, 6) is -1.28. The van der Waals surface area contributed by atoms with Gasteiger partial charge in [-0.3, -0.25) is 9.59 Å². The fourth-order valence-electron chi connectivity index (χ4n) is 2.27. The number of carboxylic acids is 1. The average molecular weight is 364 g/mol. The first-order chi connectivity index (χ1) is 11.7. The van der Waals surface area contributed by atoms with Crippen LogP contribution in [0.25, 0.3) is 0 Å². The number of aryl methyl sites for hydroxylation is 1. The Balaban J connectivity index is 2.14. The van der Waals surface area contributed by atoms with Crippen LogP contribution in [0.3, 0.4) is 0 Å². The number of carbonyl (C=O) groups is 2. The molecule has 1 aromatic carbocycles. The van der Waals surface area contributed by atoms with Gasteiger partial charge in [-0.2, -0.15) is 0 Å². The first-order valence-electron chi connectivity index (χ1n) is 7.69. The molecule has 0 aliphatic rings. The van der Waals surface area contributed by atoms with E-state index in [1.807, 2.05) is 6.92 Å². The molecule has 1 heterocycles. The van der Waals surface area contributed by atoms with Crippen LogP contribution in [0.15, 0.2) is 47.6 Å². The highest BCUT2D eigenvalue weighted by atomic mass is 32.2. The van der Waals surface area contributed by atoms with Gasteiger partial charge in [-0.1, -0.05) is 17.7 Å². The normalized spacial score (nSPS) is 11.3. The van der Waals surface area contributed by atoms with Crippen LogP contribution in [0.4, 0.5) is 0 Å². The lowest BCUT2D eigenvalue weighted by molar-refractivity contribution is -0.137. The van der Waals surface area contributed by atoms with Crippen molar-refractivity contribution < 1.29 is 23.1 Å². The summed E-state index contributed by atoms with van der Waals surface area (Å²) in [4.78, 5) is 24.3. The van der Waals surface area contributed by atoms with Gasteiger partial charge in [0, 0.05) is 32.4 Å². The number of rotatable bonds is 7. The number of hydrogen-bond acceptors (Lipinski definition) is 4. The van der Waals surface area contributed by atoms with Gasteiger partial charge >= 0.3 is 5.97 Å². The van der Waals surface area contributed by atoms with Crippen LogP contribution in [0, 0.1) is 6.92 Å². The Morgan fingerprint density at radius 2 is 1.80 bits per heavy atom. The Bertz CT molecular complexity index is 869. The Morgan fingerprint density at radius 3 is 2.40 bits per heavy atom. The van der Waals surface area contributed by atoms with E-state index in [1.165, 1.54) is 35.5 Å². The van der Waals surface area contributed by atoms with Crippen molar-refractivity contribution in [1.29, 1.82) is 0 Å². The Morgan fingerprint density at radius 1 is 1.16 bits per heavy atom. The minimum atomic E-state index is -3.75. The predicted molar refractivity (Wildman–Crippen MR) is 92.0 cm³/mol. The second-order valence-electron chi connectivity index (χ2n) is 5.77. The van der Waals surface area contributed by atoms with Crippen LogP contribution in [0.5, 0.6) is 0 Å². The molecular formula is C17H20N2O5S. The molecule has 0 radical (unpaired) electrons. The lowest BCUT2D eigenvalue weighted by Crippen LogP contribution is -2.27. The summed E-state index contributed by atoms with van der Waals surface area (Å²) >= 11 is 0. The number of aromatic nitrogens is 1. The third kappa shape index (κ3) is 4.48. The predicted octanol–water partition coefficient (Wildman–Crippen LogP) is 1.97. The van der Waals surface area contributed by atoms with Crippen molar-refractivity contribution in [3.63, 3.8) is 0 Å². The largest absolute Gasteiger partial charge is 0.481 e. The molecule has 0 saturated heterocycles. The van der Waals surface area contributed by atoms with Crippen molar-refractivity contribution in [3.05, 3.63) is 53.9 Å². The molecule has 0 atom stereocenters. The Kier molecular flexibility index (Phi) is 5.63. The van der Waals surface area contributed by atoms with E-state index in [4.69, 9.17) is 5.11 Å². The summed E-state index contributed by atoms with van der Waals surface area (Å²) < 4.78 is 26.2. The van der Waals surface area contributed by atoms with Crippen molar-refractivity contribution in [2.45, 2.75) is 24.7 Å². The lowest BCUT2D eigenvalue weighted by atomic mass is 10.2. The molecule has 0 aliphatic carbocycles. The molecule has 2 rings (SSSR count). The zero-order chi connectivity index (χ0) is 18.6. The number of carboxylic acid groups (broad SMARTS) is 1. The van der Waals surface area contributed by atoms with Crippen LogP contribution in [0.1, 0.15) is 28.8 Å². The molecule has 7 nitrogen and oxygen atoms in total. The lowest BCUT2D eigenvalue weighted by Gasteiger charge is -2.15. The molecule has 2 aromatic rings. The quantitative estimate of drug-likeness (QED) is 0.810. The Hall–Kier alpha value is -2.61. The maximum Gasteiger partial charge on any atom is 0.303 e. The fraction of sp³-hybridized carbons (Fsp3) is 0.294. The van der Waals surface area contributed by atoms with E-state index >= 15 is 0 Å². The van der Waals surface area contributed by atoms with Gasteiger partial charge < -0.3 is 10.0 Å². The van der Waals surface area contributed by atoms with Crippen molar-refractivity contribution in [2.24, 2.45) is 0 Å². The van der Waals surface area contributed by atoms with Gasteiger partial charge in [-0.25, -0.2) is 12.4 Å². The maximum atomic E-state index is 12.6. The summed E-state index contributed by atoms with van der Waals surface area (Å²) in [7, 11) is -2.20. The zero-order valence-electron chi connectivity index (χ0n) is 14.0. The van der Waals surface area contributed by atoms with Crippen molar-refractivity contribution >= 4 is 21.9 Å². The second kappa shape index (κ2) is 7.52. The highest BCUT2D eigenvalue weighted by Gasteiger charge is 2.19. The molecule has 0 fully saturated rings. The summed E-state index contributed by atoms with van der Waals surface area (Å²) in [5, 5.41) is 8.63. The zero-order valence-corrected chi connectivity index (χ0v) is 14.9. The van der Waals surface area contributed by atoms with Crippen LogP contribution >= 0.6 is 0 Å². The minimum Gasteiger partial charge on any atom is -0.481 e. The molecule has 0 aliphatic heterocycles. The molecule has 0 bridgehead atoms. The highest BCUT2D eigenvalue weighted by molar-refractivity contribution is 7.90. The van der Waals surface area contributed by atoms with Gasteiger partial charge in [0.2, 0.25) is 0 Å². The maximum absolute atomic E-state index is 12.6. The fourth-order valence-corrected chi connectivity index (χ4v) is 3.47. The van der Waals surface area contributed by atoms with Crippen LogP contribution < -0.4 is 0 Å². The van der Waals surface area contributed by atoms with E-state index in [2.05, 4.69) is 0 Å². The van der Waals surface area contributed by atoms with Crippen molar-refractivity contribution in [3.8, 4) is 0 Å². The first-order valence-corrected chi connectivity index (χ1v) is 9.13. The monoisotopic (exact) mass is 364 g/mol. The molecule has 8 heteroatoms. The number of aliphatic carboxylic acids is 1. The van der Waals surface area contributed by atoms with E-state index in [9.17, 15) is 18.0 Å². The van der Waals surface area contributed by atoms with E-state index < -0.39 is 16.0 Å².